The highest BCUT2D eigenvalue weighted by molar-refractivity contribution is 5.53. The van der Waals surface area contributed by atoms with Crippen LogP contribution < -0.4 is 5.73 Å². The van der Waals surface area contributed by atoms with E-state index in [0.29, 0.717) is 0 Å². The van der Waals surface area contributed by atoms with Crippen LogP contribution in [-0.2, 0) is 0 Å². The summed E-state index contributed by atoms with van der Waals surface area (Å²) in [5.74, 6) is 0. The Hall–Kier alpha value is -1.07. The van der Waals surface area contributed by atoms with E-state index >= 15 is 0 Å². The van der Waals surface area contributed by atoms with E-state index in [1.54, 1.807) is 6.92 Å². The van der Waals surface area contributed by atoms with Gasteiger partial charge in [0.05, 0.1) is 5.54 Å². The number of rotatable bonds is 0. The van der Waals surface area contributed by atoms with Crippen molar-refractivity contribution >= 4 is 6.16 Å². The molecule has 14 heavy (non-hydrogen) atoms. The Morgan fingerprint density at radius 1 is 1.21 bits per heavy atom. The van der Waals surface area contributed by atoms with Gasteiger partial charge in [-0.3, -0.25) is 0 Å². The Labute approximate surface area is 82.9 Å². The standard InChI is InChI=1S/C8H15NO.CH2O3/c1-5-6(2)8(4,10)7(5,3)9;2-1(3)4/h10H,9H2,1-4H3;(H2,2,3,4). The van der Waals surface area contributed by atoms with Crippen molar-refractivity contribution in [2.45, 2.75) is 38.8 Å². The van der Waals surface area contributed by atoms with Gasteiger partial charge in [-0.25, -0.2) is 4.79 Å². The van der Waals surface area contributed by atoms with Crippen molar-refractivity contribution in [3.63, 3.8) is 0 Å². The molecule has 2 unspecified atom stereocenters. The summed E-state index contributed by atoms with van der Waals surface area (Å²) in [4.78, 5) is 8.56. The molecule has 5 N–H and O–H groups in total. The number of hydrogen-bond donors (Lipinski definition) is 4. The smallest absolute Gasteiger partial charge is 0.450 e. The van der Waals surface area contributed by atoms with Crippen LogP contribution in [-0.4, -0.2) is 32.6 Å². The third kappa shape index (κ3) is 1.88. The molecular weight excluding hydrogens is 186 g/mol. The van der Waals surface area contributed by atoms with Crippen molar-refractivity contribution in [2.24, 2.45) is 5.73 Å². The van der Waals surface area contributed by atoms with E-state index in [4.69, 9.17) is 20.7 Å². The average Bonchev–Trinajstić information content (AvgIpc) is 2.00. The van der Waals surface area contributed by atoms with Gasteiger partial charge in [-0.05, 0) is 38.8 Å². The predicted molar refractivity (Wildman–Crippen MR) is 52.2 cm³/mol. The van der Waals surface area contributed by atoms with Gasteiger partial charge in [0.25, 0.3) is 0 Å². The molecule has 0 saturated heterocycles. The van der Waals surface area contributed by atoms with Crippen LogP contribution in [0.3, 0.4) is 0 Å². The van der Waals surface area contributed by atoms with Crippen molar-refractivity contribution in [3.05, 3.63) is 11.1 Å². The Morgan fingerprint density at radius 2 is 1.50 bits per heavy atom. The molecule has 5 heteroatoms. The maximum absolute atomic E-state index is 9.70. The molecule has 0 amide bonds. The van der Waals surface area contributed by atoms with E-state index in [1.807, 2.05) is 20.8 Å². The molecule has 0 aromatic rings. The zero-order valence-electron chi connectivity index (χ0n) is 8.83. The number of carbonyl (C=O) groups is 1. The van der Waals surface area contributed by atoms with Crippen LogP contribution in [0.15, 0.2) is 11.1 Å². The highest BCUT2D eigenvalue weighted by Gasteiger charge is 2.52. The maximum atomic E-state index is 9.70. The molecule has 82 valence electrons. The van der Waals surface area contributed by atoms with Crippen molar-refractivity contribution in [1.82, 2.24) is 0 Å². The van der Waals surface area contributed by atoms with Gasteiger partial charge in [-0.1, -0.05) is 0 Å². The Balaban J connectivity index is 0.000000364. The summed E-state index contributed by atoms with van der Waals surface area (Å²) < 4.78 is 0. The van der Waals surface area contributed by atoms with E-state index in [1.165, 1.54) is 0 Å². The van der Waals surface area contributed by atoms with Crippen LogP contribution in [0.5, 0.6) is 0 Å². The summed E-state index contributed by atoms with van der Waals surface area (Å²) in [6.45, 7) is 7.50. The summed E-state index contributed by atoms with van der Waals surface area (Å²) in [6, 6.07) is 0. The predicted octanol–water partition coefficient (Wildman–Crippen LogP) is 1.03. The Kier molecular flexibility index (Phi) is 3.31. The third-order valence-electron chi connectivity index (χ3n) is 3.08. The van der Waals surface area contributed by atoms with Gasteiger partial charge in [-0.15, -0.1) is 0 Å². The largest absolute Gasteiger partial charge is 0.503 e. The maximum Gasteiger partial charge on any atom is 0.503 e. The first kappa shape index (κ1) is 12.9. The first-order chi connectivity index (χ1) is 6.05. The molecule has 0 fully saturated rings. The molecular formula is C9H17NO4. The minimum atomic E-state index is -1.83. The van der Waals surface area contributed by atoms with Gasteiger partial charge >= 0.3 is 6.16 Å². The number of nitrogens with two attached hydrogens (primary N) is 1. The van der Waals surface area contributed by atoms with Crippen molar-refractivity contribution in [1.29, 1.82) is 0 Å². The van der Waals surface area contributed by atoms with Crippen LogP contribution in [0.2, 0.25) is 0 Å². The average molecular weight is 203 g/mol. The zero-order chi connectivity index (χ0) is 11.7. The first-order valence-electron chi connectivity index (χ1n) is 4.16. The first-order valence-corrected chi connectivity index (χ1v) is 4.16. The fourth-order valence-corrected chi connectivity index (χ4v) is 1.45. The molecule has 0 saturated carbocycles. The van der Waals surface area contributed by atoms with Gasteiger partial charge < -0.3 is 21.1 Å². The lowest BCUT2D eigenvalue weighted by atomic mass is 9.62. The minimum absolute atomic E-state index is 0.517. The number of carboxylic acid groups (broad SMARTS) is 2. The molecule has 1 rings (SSSR count). The zero-order valence-corrected chi connectivity index (χ0v) is 8.83. The van der Waals surface area contributed by atoms with E-state index in [9.17, 15) is 5.11 Å². The SMILES string of the molecule is CC1=C(C)C(C)(O)C1(C)N.O=C(O)O. The van der Waals surface area contributed by atoms with Crippen LogP contribution in [0.4, 0.5) is 4.79 Å². The second-order valence-corrected chi connectivity index (χ2v) is 3.81. The Morgan fingerprint density at radius 3 is 1.57 bits per heavy atom. The third-order valence-corrected chi connectivity index (χ3v) is 3.08. The second-order valence-electron chi connectivity index (χ2n) is 3.81. The van der Waals surface area contributed by atoms with E-state index in [-0.39, 0.29) is 0 Å². The molecule has 0 aromatic heterocycles. The van der Waals surface area contributed by atoms with Gasteiger partial charge in [-0.2, -0.15) is 0 Å². The molecule has 0 bridgehead atoms. The number of aliphatic hydroxyl groups is 1. The van der Waals surface area contributed by atoms with E-state index < -0.39 is 17.3 Å². The summed E-state index contributed by atoms with van der Waals surface area (Å²) >= 11 is 0. The summed E-state index contributed by atoms with van der Waals surface area (Å²) in [5.41, 5.74) is 6.63. The highest BCUT2D eigenvalue weighted by Crippen LogP contribution is 2.44. The van der Waals surface area contributed by atoms with Crippen LogP contribution >= 0.6 is 0 Å². The fourth-order valence-electron chi connectivity index (χ4n) is 1.45. The topological polar surface area (TPSA) is 104 Å². The normalized spacial score (nSPS) is 35.6. The van der Waals surface area contributed by atoms with Crippen molar-refractivity contribution in [3.8, 4) is 0 Å². The van der Waals surface area contributed by atoms with Crippen LogP contribution in [0.25, 0.3) is 0 Å². The van der Waals surface area contributed by atoms with Crippen molar-refractivity contribution in [2.75, 3.05) is 0 Å². The van der Waals surface area contributed by atoms with Gasteiger partial charge in [0.15, 0.2) is 0 Å². The quantitative estimate of drug-likeness (QED) is 0.440. The van der Waals surface area contributed by atoms with Gasteiger partial charge in [0.2, 0.25) is 0 Å². The summed E-state index contributed by atoms with van der Waals surface area (Å²) in [6.07, 6.45) is -1.83. The van der Waals surface area contributed by atoms with Gasteiger partial charge in [0.1, 0.15) is 5.60 Å². The number of hydrogen-bond acceptors (Lipinski definition) is 3. The molecule has 0 aliphatic heterocycles. The lowest BCUT2D eigenvalue weighted by Gasteiger charge is -2.51. The molecule has 0 radical (unpaired) electrons. The highest BCUT2D eigenvalue weighted by atomic mass is 16.6. The lowest BCUT2D eigenvalue weighted by molar-refractivity contribution is 0.00977. The fraction of sp³-hybridized carbons (Fsp3) is 0.667. The molecule has 2 atom stereocenters. The molecule has 5 nitrogen and oxygen atoms in total. The molecule has 0 heterocycles. The molecule has 1 aliphatic carbocycles. The lowest BCUT2D eigenvalue weighted by Crippen LogP contribution is -2.65. The molecule has 1 aliphatic rings. The molecule has 0 aromatic carbocycles. The Bertz CT molecular complexity index is 253. The van der Waals surface area contributed by atoms with E-state index in [0.717, 1.165) is 11.1 Å². The van der Waals surface area contributed by atoms with Crippen LogP contribution in [0, 0.1) is 0 Å². The monoisotopic (exact) mass is 203 g/mol. The van der Waals surface area contributed by atoms with Gasteiger partial charge in [0, 0.05) is 0 Å². The summed E-state index contributed by atoms with van der Waals surface area (Å²) in [5, 5.41) is 23.6. The minimum Gasteiger partial charge on any atom is -0.450 e. The van der Waals surface area contributed by atoms with Crippen molar-refractivity contribution < 1.29 is 20.1 Å². The second kappa shape index (κ2) is 3.59. The molecule has 0 spiro atoms. The van der Waals surface area contributed by atoms with E-state index in [2.05, 4.69) is 0 Å². The van der Waals surface area contributed by atoms with Crippen LogP contribution in [0.1, 0.15) is 27.7 Å². The summed E-state index contributed by atoms with van der Waals surface area (Å²) in [7, 11) is 0.